The highest BCUT2D eigenvalue weighted by molar-refractivity contribution is 9.08. The highest BCUT2D eigenvalue weighted by atomic mass is 79.9. The lowest BCUT2D eigenvalue weighted by atomic mass is 10.1. The fourth-order valence-electron chi connectivity index (χ4n) is 1.13. The van der Waals surface area contributed by atoms with Gasteiger partial charge in [0.05, 0.1) is 0 Å². The van der Waals surface area contributed by atoms with Crippen LogP contribution in [0, 0.1) is 0 Å². The number of fused-ring (bicyclic) bond motifs is 1. The van der Waals surface area contributed by atoms with Gasteiger partial charge in [0.1, 0.15) is 0 Å². The van der Waals surface area contributed by atoms with E-state index in [4.69, 9.17) is 0 Å². The summed E-state index contributed by atoms with van der Waals surface area (Å²) in [5.74, 6) is 1.81. The van der Waals surface area contributed by atoms with Crippen molar-refractivity contribution in [2.75, 3.05) is 5.83 Å². The van der Waals surface area contributed by atoms with Gasteiger partial charge in [-0.25, -0.2) is 0 Å². The Kier molecular flexibility index (Phi) is 3.81. The van der Waals surface area contributed by atoms with E-state index in [0.717, 1.165) is 0 Å². The van der Waals surface area contributed by atoms with E-state index < -0.39 is 0 Å². The molecule has 0 amide bonds. The summed E-state index contributed by atoms with van der Waals surface area (Å²) < 4.78 is 0. The normalized spacial score (nSPS) is 8.83. The van der Waals surface area contributed by atoms with E-state index in [-0.39, 0.29) is 0 Å². The zero-order valence-corrected chi connectivity index (χ0v) is 8.58. The van der Waals surface area contributed by atoms with E-state index >= 15 is 0 Å². The maximum Gasteiger partial charge on any atom is -0.00848 e. The fourth-order valence-corrected chi connectivity index (χ4v) is 1.13. The monoisotopic (exact) mass is 222 g/mol. The molecule has 1 heteroatoms. The molecular weight excluding hydrogens is 212 g/mol. The molecule has 0 bridgehead atoms. The second kappa shape index (κ2) is 4.94. The molecule has 0 radical (unpaired) electrons. The summed E-state index contributed by atoms with van der Waals surface area (Å²) >= 11 is 2.94. The van der Waals surface area contributed by atoms with Crippen LogP contribution in [0.3, 0.4) is 0 Å². The number of halogens is 1. The molecule has 0 saturated heterocycles. The number of hydrogen-bond acceptors (Lipinski definition) is 0. The van der Waals surface area contributed by atoms with E-state index in [0.29, 0.717) is 0 Å². The van der Waals surface area contributed by atoms with E-state index in [1.54, 1.807) is 0 Å². The van der Waals surface area contributed by atoms with E-state index in [1.807, 2.05) is 5.83 Å². The van der Waals surface area contributed by atoms with Gasteiger partial charge in [0, 0.05) is 0 Å². The van der Waals surface area contributed by atoms with E-state index in [9.17, 15) is 0 Å². The average molecular weight is 223 g/mol. The summed E-state index contributed by atoms with van der Waals surface area (Å²) in [4.78, 5) is 0. The van der Waals surface area contributed by atoms with Crippen molar-refractivity contribution < 1.29 is 0 Å². The van der Waals surface area contributed by atoms with Crippen LogP contribution in [0.4, 0.5) is 0 Å². The molecule has 0 nitrogen and oxygen atoms in total. The first-order valence-electron chi connectivity index (χ1n) is 3.78. The maximum atomic E-state index is 2.94. The zero-order chi connectivity index (χ0) is 8.81. The number of hydrogen-bond donors (Lipinski definition) is 0. The van der Waals surface area contributed by atoms with Gasteiger partial charge in [0.25, 0.3) is 0 Å². The van der Waals surface area contributed by atoms with Gasteiger partial charge in [0.2, 0.25) is 0 Å². The summed E-state index contributed by atoms with van der Waals surface area (Å²) in [5.41, 5.74) is 0. The Morgan fingerprint density at radius 1 is 0.667 bits per heavy atom. The van der Waals surface area contributed by atoms with E-state index in [2.05, 4.69) is 64.5 Å². The van der Waals surface area contributed by atoms with Gasteiger partial charge in [-0.05, 0) is 16.6 Å². The molecule has 12 heavy (non-hydrogen) atoms. The summed E-state index contributed by atoms with van der Waals surface area (Å²) in [6, 6.07) is 16.7. The van der Waals surface area contributed by atoms with Crippen LogP contribution in [0.1, 0.15) is 0 Å². The van der Waals surface area contributed by atoms with Gasteiger partial charge in [0.15, 0.2) is 0 Å². The van der Waals surface area contributed by atoms with Gasteiger partial charge in [-0.3, -0.25) is 0 Å². The number of benzene rings is 2. The molecule has 0 aliphatic carbocycles. The molecule has 2 aromatic rings. The predicted molar refractivity (Wildman–Crippen MR) is 58.8 cm³/mol. The molecule has 0 aliphatic rings. The van der Waals surface area contributed by atoms with Gasteiger partial charge in [-0.1, -0.05) is 64.5 Å². The van der Waals surface area contributed by atoms with Gasteiger partial charge in [-0.2, -0.15) is 0 Å². The third-order valence-corrected chi connectivity index (χ3v) is 1.66. The Morgan fingerprint density at radius 2 is 0.917 bits per heavy atom. The van der Waals surface area contributed by atoms with Crippen molar-refractivity contribution in [3.8, 4) is 0 Å². The molecule has 0 unspecified atom stereocenters. The van der Waals surface area contributed by atoms with Crippen molar-refractivity contribution in [3.05, 3.63) is 48.5 Å². The molecule has 0 spiro atoms. The lowest BCUT2D eigenvalue weighted by molar-refractivity contribution is 1.75. The molecule has 2 rings (SSSR count). The Balaban J connectivity index is 0.000000336. The van der Waals surface area contributed by atoms with Crippen LogP contribution >= 0.6 is 15.9 Å². The second-order valence-corrected chi connectivity index (χ2v) is 2.35. The third-order valence-electron chi connectivity index (χ3n) is 1.66. The van der Waals surface area contributed by atoms with Crippen molar-refractivity contribution >= 4 is 26.7 Å². The first kappa shape index (κ1) is 9.27. The molecule has 0 atom stereocenters. The van der Waals surface area contributed by atoms with Crippen LogP contribution in [0.5, 0.6) is 0 Å². The standard InChI is InChI=1S/C10H8.CH3Br/c1-2-6-10-8-4-3-7-9(10)5-1;1-2/h1-8H;1H3. The Bertz CT molecular complexity index is 276. The molecule has 0 fully saturated rings. The lowest BCUT2D eigenvalue weighted by Gasteiger charge is -1.92. The topological polar surface area (TPSA) is 0 Å². The smallest absolute Gasteiger partial charge is 0.00848 e. The maximum absolute atomic E-state index is 2.94. The average Bonchev–Trinajstić information content (AvgIpc) is 2.21. The molecule has 0 saturated carbocycles. The lowest BCUT2D eigenvalue weighted by Crippen LogP contribution is -1.67. The van der Waals surface area contributed by atoms with Crippen LogP contribution < -0.4 is 0 Å². The minimum absolute atomic E-state index is 1.31. The number of rotatable bonds is 0. The van der Waals surface area contributed by atoms with Gasteiger partial charge in [-0.15, -0.1) is 0 Å². The highest BCUT2D eigenvalue weighted by Gasteiger charge is 1.85. The molecule has 62 valence electrons. The van der Waals surface area contributed by atoms with E-state index in [1.165, 1.54) is 10.8 Å². The summed E-state index contributed by atoms with van der Waals surface area (Å²) in [7, 11) is 0. The molecule has 0 heterocycles. The van der Waals surface area contributed by atoms with Crippen LogP contribution in [0.25, 0.3) is 10.8 Å². The minimum atomic E-state index is 1.31. The number of alkyl halides is 1. The summed E-state index contributed by atoms with van der Waals surface area (Å²) in [5, 5.41) is 2.62. The van der Waals surface area contributed by atoms with Crippen molar-refractivity contribution in [2.45, 2.75) is 0 Å². The Labute approximate surface area is 81.4 Å². The summed E-state index contributed by atoms with van der Waals surface area (Å²) in [6.07, 6.45) is 0. The molecule has 0 aromatic heterocycles. The largest absolute Gasteiger partial charge is 0.0966 e. The van der Waals surface area contributed by atoms with Crippen molar-refractivity contribution in [3.63, 3.8) is 0 Å². The fraction of sp³-hybridized carbons (Fsp3) is 0.0909. The SMILES string of the molecule is CBr.c1ccc2ccccc2c1. The summed E-state index contributed by atoms with van der Waals surface area (Å²) in [6.45, 7) is 0. The van der Waals surface area contributed by atoms with Crippen molar-refractivity contribution in [1.29, 1.82) is 0 Å². The highest BCUT2D eigenvalue weighted by Crippen LogP contribution is 2.11. The van der Waals surface area contributed by atoms with Crippen LogP contribution in [-0.2, 0) is 0 Å². The molecule has 0 aliphatic heterocycles. The van der Waals surface area contributed by atoms with Gasteiger partial charge >= 0.3 is 0 Å². The van der Waals surface area contributed by atoms with Crippen molar-refractivity contribution in [1.82, 2.24) is 0 Å². The predicted octanol–water partition coefficient (Wildman–Crippen LogP) is 3.85. The minimum Gasteiger partial charge on any atom is -0.0966 e. The Hall–Kier alpha value is -0.820. The van der Waals surface area contributed by atoms with Crippen LogP contribution in [-0.4, -0.2) is 5.83 Å². The second-order valence-electron chi connectivity index (χ2n) is 2.35. The molecule has 2 aromatic carbocycles. The Morgan fingerprint density at radius 3 is 1.17 bits per heavy atom. The van der Waals surface area contributed by atoms with Crippen molar-refractivity contribution in [2.24, 2.45) is 0 Å². The molecular formula is C11H11Br. The van der Waals surface area contributed by atoms with Crippen LogP contribution in [0.15, 0.2) is 48.5 Å². The quantitative estimate of drug-likeness (QED) is 0.595. The third kappa shape index (κ3) is 2.08. The first-order chi connectivity index (χ1) is 5.97. The van der Waals surface area contributed by atoms with Gasteiger partial charge < -0.3 is 0 Å². The van der Waals surface area contributed by atoms with Crippen LogP contribution in [0.2, 0.25) is 0 Å². The zero-order valence-electron chi connectivity index (χ0n) is 7.00. The first-order valence-corrected chi connectivity index (χ1v) is 5.37. The molecule has 0 N–H and O–H groups in total.